The molecular formula is C10H10N4O. The van der Waals surface area contributed by atoms with Crippen LogP contribution in [0.1, 0.15) is 23.3 Å². The van der Waals surface area contributed by atoms with Gasteiger partial charge in [-0.3, -0.25) is 9.20 Å². The standard InChI is InChI=1S/C10H10N4O/c15-6-8-5-12-10-9(13-7-1-2-7)11-3-4-14(8)10/h3-7H,1-2H2,(H,11,13). The van der Waals surface area contributed by atoms with E-state index < -0.39 is 0 Å². The van der Waals surface area contributed by atoms with Crippen molar-refractivity contribution in [1.82, 2.24) is 14.4 Å². The Morgan fingerprint density at radius 3 is 3.07 bits per heavy atom. The Labute approximate surface area is 86.2 Å². The van der Waals surface area contributed by atoms with Crippen molar-refractivity contribution in [3.63, 3.8) is 0 Å². The lowest BCUT2D eigenvalue weighted by molar-refractivity contribution is 0.111. The number of nitrogens with one attached hydrogen (secondary N) is 1. The molecule has 0 saturated heterocycles. The van der Waals surface area contributed by atoms with Crippen LogP contribution in [0.4, 0.5) is 5.82 Å². The van der Waals surface area contributed by atoms with Crippen LogP contribution >= 0.6 is 0 Å². The van der Waals surface area contributed by atoms with Crippen LogP contribution in [0.5, 0.6) is 0 Å². The average molecular weight is 202 g/mol. The summed E-state index contributed by atoms with van der Waals surface area (Å²) in [7, 11) is 0. The van der Waals surface area contributed by atoms with Crippen LogP contribution in [0.2, 0.25) is 0 Å². The second-order valence-electron chi connectivity index (χ2n) is 3.69. The number of imidazole rings is 1. The smallest absolute Gasteiger partial charge is 0.180 e. The maximum Gasteiger partial charge on any atom is 0.180 e. The van der Waals surface area contributed by atoms with E-state index in [4.69, 9.17) is 0 Å². The number of anilines is 1. The topological polar surface area (TPSA) is 59.3 Å². The van der Waals surface area contributed by atoms with Gasteiger partial charge in [-0.05, 0) is 12.8 Å². The number of carbonyl (C=O) groups excluding carboxylic acids is 1. The minimum Gasteiger partial charge on any atom is -0.364 e. The molecule has 1 aliphatic carbocycles. The zero-order chi connectivity index (χ0) is 10.3. The van der Waals surface area contributed by atoms with Crippen molar-refractivity contribution in [1.29, 1.82) is 0 Å². The number of nitrogens with zero attached hydrogens (tertiary/aromatic N) is 3. The fourth-order valence-corrected chi connectivity index (χ4v) is 1.55. The second-order valence-corrected chi connectivity index (χ2v) is 3.69. The highest BCUT2D eigenvalue weighted by Crippen LogP contribution is 2.25. The fourth-order valence-electron chi connectivity index (χ4n) is 1.55. The summed E-state index contributed by atoms with van der Waals surface area (Å²) in [6.45, 7) is 0. The molecule has 0 atom stereocenters. The molecule has 0 unspecified atom stereocenters. The normalized spacial score (nSPS) is 15.5. The first-order valence-corrected chi connectivity index (χ1v) is 4.92. The summed E-state index contributed by atoms with van der Waals surface area (Å²) < 4.78 is 1.74. The third-order valence-corrected chi connectivity index (χ3v) is 2.50. The van der Waals surface area contributed by atoms with Crippen LogP contribution in [0.15, 0.2) is 18.6 Å². The second kappa shape index (κ2) is 3.05. The molecule has 2 aromatic heterocycles. The number of rotatable bonds is 3. The Morgan fingerprint density at radius 1 is 1.47 bits per heavy atom. The largest absolute Gasteiger partial charge is 0.364 e. The molecule has 3 rings (SSSR count). The van der Waals surface area contributed by atoms with Crippen molar-refractivity contribution >= 4 is 17.8 Å². The number of aldehydes is 1. The summed E-state index contributed by atoms with van der Waals surface area (Å²) in [6.07, 6.45) is 8.13. The van der Waals surface area contributed by atoms with E-state index in [0.29, 0.717) is 17.4 Å². The van der Waals surface area contributed by atoms with Gasteiger partial charge in [0.1, 0.15) is 5.69 Å². The van der Waals surface area contributed by atoms with Gasteiger partial charge >= 0.3 is 0 Å². The van der Waals surface area contributed by atoms with E-state index in [0.717, 1.165) is 12.1 Å². The van der Waals surface area contributed by atoms with Crippen molar-refractivity contribution in [2.24, 2.45) is 0 Å². The Hall–Kier alpha value is -1.91. The minimum atomic E-state index is 0.528. The van der Waals surface area contributed by atoms with E-state index in [1.54, 1.807) is 23.0 Å². The lowest BCUT2D eigenvalue weighted by atomic mass is 10.5. The Balaban J connectivity index is 2.12. The zero-order valence-electron chi connectivity index (χ0n) is 8.05. The summed E-state index contributed by atoms with van der Waals surface area (Å²) in [5.74, 6) is 0.758. The molecule has 5 nitrogen and oxygen atoms in total. The molecule has 5 heteroatoms. The van der Waals surface area contributed by atoms with Gasteiger partial charge in [-0.25, -0.2) is 9.97 Å². The predicted octanol–water partition coefficient (Wildman–Crippen LogP) is 1.12. The van der Waals surface area contributed by atoms with Crippen molar-refractivity contribution in [3.05, 3.63) is 24.3 Å². The number of fused-ring (bicyclic) bond motifs is 1. The van der Waals surface area contributed by atoms with Gasteiger partial charge in [0.25, 0.3) is 0 Å². The summed E-state index contributed by atoms with van der Waals surface area (Å²) in [5, 5.41) is 3.29. The van der Waals surface area contributed by atoms with Gasteiger partial charge in [-0.15, -0.1) is 0 Å². The third-order valence-electron chi connectivity index (χ3n) is 2.50. The highest BCUT2D eigenvalue weighted by atomic mass is 16.1. The Morgan fingerprint density at radius 2 is 2.33 bits per heavy atom. The molecule has 76 valence electrons. The predicted molar refractivity (Wildman–Crippen MR) is 55.0 cm³/mol. The van der Waals surface area contributed by atoms with Gasteiger partial charge in [0.2, 0.25) is 0 Å². The van der Waals surface area contributed by atoms with Gasteiger partial charge in [-0.2, -0.15) is 0 Å². The molecule has 1 aliphatic rings. The van der Waals surface area contributed by atoms with Gasteiger partial charge in [0, 0.05) is 18.4 Å². The van der Waals surface area contributed by atoms with Crippen molar-refractivity contribution in [3.8, 4) is 0 Å². The minimum absolute atomic E-state index is 0.528. The lowest BCUT2D eigenvalue weighted by Crippen LogP contribution is -2.05. The van der Waals surface area contributed by atoms with E-state index >= 15 is 0 Å². The first kappa shape index (κ1) is 8.40. The molecule has 0 aliphatic heterocycles. The Kier molecular flexibility index (Phi) is 1.71. The molecule has 1 saturated carbocycles. The molecule has 0 radical (unpaired) electrons. The quantitative estimate of drug-likeness (QED) is 0.757. The molecular weight excluding hydrogens is 192 g/mol. The molecule has 1 N–H and O–H groups in total. The molecule has 0 amide bonds. The maximum atomic E-state index is 10.7. The summed E-state index contributed by atoms with van der Waals surface area (Å²) in [4.78, 5) is 19.1. The number of hydrogen-bond donors (Lipinski definition) is 1. The first-order chi connectivity index (χ1) is 7.38. The molecule has 2 heterocycles. The van der Waals surface area contributed by atoms with Gasteiger partial charge < -0.3 is 5.32 Å². The Bertz CT molecular complexity index is 515. The highest BCUT2D eigenvalue weighted by molar-refractivity contribution is 5.76. The zero-order valence-corrected chi connectivity index (χ0v) is 8.05. The van der Waals surface area contributed by atoms with E-state index in [1.807, 2.05) is 0 Å². The molecule has 1 fully saturated rings. The fraction of sp³-hybridized carbons (Fsp3) is 0.300. The monoisotopic (exact) mass is 202 g/mol. The van der Waals surface area contributed by atoms with E-state index in [9.17, 15) is 4.79 Å². The molecule has 0 bridgehead atoms. The maximum absolute atomic E-state index is 10.7. The number of aromatic nitrogens is 3. The average Bonchev–Trinajstić information content (AvgIpc) is 2.97. The lowest BCUT2D eigenvalue weighted by Gasteiger charge is -2.04. The SMILES string of the molecule is O=Cc1cnc2c(NC3CC3)nccn12. The van der Waals surface area contributed by atoms with E-state index in [2.05, 4.69) is 15.3 Å². The van der Waals surface area contributed by atoms with Gasteiger partial charge in [-0.1, -0.05) is 0 Å². The van der Waals surface area contributed by atoms with Gasteiger partial charge in [0.05, 0.1) is 6.20 Å². The van der Waals surface area contributed by atoms with E-state index in [1.165, 1.54) is 12.8 Å². The summed E-state index contributed by atoms with van der Waals surface area (Å²) >= 11 is 0. The van der Waals surface area contributed by atoms with Crippen LogP contribution < -0.4 is 5.32 Å². The van der Waals surface area contributed by atoms with Crippen molar-refractivity contribution < 1.29 is 4.79 Å². The van der Waals surface area contributed by atoms with Crippen LogP contribution in [-0.4, -0.2) is 26.7 Å². The number of carbonyl (C=O) groups is 1. The summed E-state index contributed by atoms with van der Waals surface area (Å²) in [6, 6.07) is 0.528. The first-order valence-electron chi connectivity index (χ1n) is 4.92. The number of hydrogen-bond acceptors (Lipinski definition) is 4. The van der Waals surface area contributed by atoms with Crippen molar-refractivity contribution in [2.75, 3.05) is 5.32 Å². The van der Waals surface area contributed by atoms with Crippen LogP contribution in [0.25, 0.3) is 5.65 Å². The molecule has 2 aromatic rings. The van der Waals surface area contributed by atoms with Gasteiger partial charge in [0.15, 0.2) is 17.8 Å². The van der Waals surface area contributed by atoms with Crippen LogP contribution in [0.3, 0.4) is 0 Å². The molecule has 0 spiro atoms. The molecule has 0 aromatic carbocycles. The van der Waals surface area contributed by atoms with E-state index in [-0.39, 0.29) is 0 Å². The van der Waals surface area contributed by atoms with Crippen LogP contribution in [-0.2, 0) is 0 Å². The molecule has 15 heavy (non-hydrogen) atoms. The summed E-state index contributed by atoms with van der Waals surface area (Å²) in [5.41, 5.74) is 1.26. The van der Waals surface area contributed by atoms with Crippen LogP contribution in [0, 0.1) is 0 Å². The third kappa shape index (κ3) is 1.36. The highest BCUT2D eigenvalue weighted by Gasteiger charge is 2.22. The van der Waals surface area contributed by atoms with Crippen molar-refractivity contribution in [2.45, 2.75) is 18.9 Å².